The van der Waals surface area contributed by atoms with E-state index in [1.54, 1.807) is 24.8 Å². The van der Waals surface area contributed by atoms with E-state index in [9.17, 15) is 4.79 Å². The van der Waals surface area contributed by atoms with Gasteiger partial charge >= 0.3 is 5.97 Å². The average molecular weight is 243 g/mol. The number of hydrogen-bond acceptors (Lipinski definition) is 4. The zero-order valence-electron chi connectivity index (χ0n) is 9.95. The maximum Gasteiger partial charge on any atom is 0.303 e. The maximum atomic E-state index is 10.7. The van der Waals surface area contributed by atoms with Crippen LogP contribution in [0, 0.1) is 0 Å². The second kappa shape index (κ2) is 5.35. The van der Waals surface area contributed by atoms with Crippen LogP contribution < -0.4 is 0 Å². The molecule has 0 fully saturated rings. The molecule has 2 rings (SSSR count). The monoisotopic (exact) mass is 243 g/mol. The molecule has 2 heterocycles. The third kappa shape index (κ3) is 2.88. The predicted octanol–water partition coefficient (Wildman–Crippen LogP) is 2.12. The van der Waals surface area contributed by atoms with Crippen molar-refractivity contribution >= 4 is 5.97 Å². The summed E-state index contributed by atoms with van der Waals surface area (Å²) < 4.78 is 0. The summed E-state index contributed by atoms with van der Waals surface area (Å²) in [4.78, 5) is 22.7. The second-order valence-corrected chi connectivity index (χ2v) is 4.13. The van der Waals surface area contributed by atoms with Gasteiger partial charge in [-0.15, -0.1) is 0 Å². The van der Waals surface area contributed by atoms with Crippen molar-refractivity contribution in [3.8, 4) is 11.1 Å². The number of pyridine rings is 1. The van der Waals surface area contributed by atoms with Gasteiger partial charge in [0.15, 0.2) is 0 Å². The van der Waals surface area contributed by atoms with Crippen molar-refractivity contribution in [1.82, 2.24) is 15.0 Å². The van der Waals surface area contributed by atoms with Gasteiger partial charge in [-0.2, -0.15) is 0 Å². The number of nitrogens with zero attached hydrogens (tertiary/aromatic N) is 3. The molecule has 0 bridgehead atoms. The molecule has 2 aromatic heterocycles. The number of carboxylic acid groups (broad SMARTS) is 1. The van der Waals surface area contributed by atoms with Gasteiger partial charge in [0.05, 0.1) is 6.42 Å². The molecule has 0 aliphatic rings. The largest absolute Gasteiger partial charge is 0.481 e. The molecule has 0 aliphatic carbocycles. The Hall–Kier alpha value is -2.30. The summed E-state index contributed by atoms with van der Waals surface area (Å²) in [6, 6.07) is 1.93. The molecular formula is C13H13N3O2. The topological polar surface area (TPSA) is 76.0 Å². The van der Waals surface area contributed by atoms with Crippen LogP contribution in [0.25, 0.3) is 11.1 Å². The Morgan fingerprint density at radius 3 is 2.50 bits per heavy atom. The smallest absolute Gasteiger partial charge is 0.303 e. The van der Waals surface area contributed by atoms with E-state index in [1.807, 2.05) is 13.0 Å². The number of rotatable bonds is 4. The lowest BCUT2D eigenvalue weighted by Crippen LogP contribution is -2.03. The highest BCUT2D eigenvalue weighted by Crippen LogP contribution is 2.23. The first-order valence-corrected chi connectivity index (χ1v) is 5.59. The Kier molecular flexibility index (Phi) is 3.62. The van der Waals surface area contributed by atoms with Crippen molar-refractivity contribution in [2.24, 2.45) is 0 Å². The van der Waals surface area contributed by atoms with Crippen molar-refractivity contribution < 1.29 is 9.90 Å². The number of hydrogen-bond donors (Lipinski definition) is 1. The summed E-state index contributed by atoms with van der Waals surface area (Å²) in [5.41, 5.74) is 2.67. The molecule has 92 valence electrons. The molecule has 1 unspecified atom stereocenters. The lowest BCUT2D eigenvalue weighted by atomic mass is 9.97. The Morgan fingerprint density at radius 2 is 1.83 bits per heavy atom. The number of carbonyl (C=O) groups is 1. The Morgan fingerprint density at radius 1 is 1.17 bits per heavy atom. The van der Waals surface area contributed by atoms with Crippen molar-refractivity contribution in [2.75, 3.05) is 0 Å². The molecule has 0 aromatic carbocycles. The third-order valence-electron chi connectivity index (χ3n) is 2.70. The zero-order valence-corrected chi connectivity index (χ0v) is 9.95. The molecule has 1 N–H and O–H groups in total. The molecule has 2 aromatic rings. The van der Waals surface area contributed by atoms with Crippen LogP contribution >= 0.6 is 0 Å². The van der Waals surface area contributed by atoms with E-state index >= 15 is 0 Å². The van der Waals surface area contributed by atoms with E-state index in [0.29, 0.717) is 0 Å². The summed E-state index contributed by atoms with van der Waals surface area (Å²) >= 11 is 0. The Labute approximate surface area is 105 Å². The van der Waals surface area contributed by atoms with Crippen LogP contribution in [0.3, 0.4) is 0 Å². The fourth-order valence-corrected chi connectivity index (χ4v) is 1.71. The minimum Gasteiger partial charge on any atom is -0.481 e. The fourth-order valence-electron chi connectivity index (χ4n) is 1.71. The maximum absolute atomic E-state index is 10.7. The van der Waals surface area contributed by atoms with Gasteiger partial charge in [-0.25, -0.2) is 9.97 Å². The van der Waals surface area contributed by atoms with Gasteiger partial charge in [0.1, 0.15) is 6.33 Å². The van der Waals surface area contributed by atoms with E-state index in [0.717, 1.165) is 16.7 Å². The summed E-state index contributed by atoms with van der Waals surface area (Å²) in [5, 5.41) is 8.79. The van der Waals surface area contributed by atoms with E-state index in [1.165, 1.54) is 6.33 Å². The Balaban J connectivity index is 2.28. The molecule has 0 saturated heterocycles. The number of aliphatic carboxylic acids is 1. The van der Waals surface area contributed by atoms with Gasteiger partial charge in [0.25, 0.3) is 0 Å². The highest BCUT2D eigenvalue weighted by molar-refractivity contribution is 5.68. The predicted molar refractivity (Wildman–Crippen MR) is 65.9 cm³/mol. The zero-order chi connectivity index (χ0) is 13.0. The highest BCUT2D eigenvalue weighted by atomic mass is 16.4. The molecular weight excluding hydrogens is 230 g/mol. The summed E-state index contributed by atoms with van der Waals surface area (Å²) in [6.07, 6.45) is 8.38. The molecule has 18 heavy (non-hydrogen) atoms. The van der Waals surface area contributed by atoms with Crippen LogP contribution in [0.5, 0.6) is 0 Å². The number of aromatic nitrogens is 3. The molecule has 0 spiro atoms. The second-order valence-electron chi connectivity index (χ2n) is 4.13. The summed E-state index contributed by atoms with van der Waals surface area (Å²) in [5.74, 6) is -0.879. The molecule has 1 atom stereocenters. The minimum absolute atomic E-state index is 0.0698. The molecule has 0 amide bonds. The summed E-state index contributed by atoms with van der Waals surface area (Å²) in [6.45, 7) is 1.87. The van der Waals surface area contributed by atoms with Gasteiger partial charge in [-0.3, -0.25) is 9.78 Å². The van der Waals surface area contributed by atoms with Gasteiger partial charge in [0, 0.05) is 35.9 Å². The first kappa shape index (κ1) is 12.2. The van der Waals surface area contributed by atoms with Gasteiger partial charge in [0.2, 0.25) is 0 Å². The van der Waals surface area contributed by atoms with Gasteiger partial charge in [-0.1, -0.05) is 6.92 Å². The van der Waals surface area contributed by atoms with E-state index in [4.69, 9.17) is 5.11 Å². The molecule has 0 aliphatic heterocycles. The van der Waals surface area contributed by atoms with Crippen LogP contribution in [-0.2, 0) is 4.79 Å². The van der Waals surface area contributed by atoms with Crippen molar-refractivity contribution in [3.63, 3.8) is 0 Å². The average Bonchev–Trinajstić information content (AvgIpc) is 2.39. The van der Waals surface area contributed by atoms with Crippen LogP contribution in [0.15, 0.2) is 37.2 Å². The fraction of sp³-hybridized carbons (Fsp3) is 0.231. The minimum atomic E-state index is -0.809. The molecule has 5 heteroatoms. The van der Waals surface area contributed by atoms with Gasteiger partial charge < -0.3 is 5.11 Å². The van der Waals surface area contributed by atoms with E-state index in [-0.39, 0.29) is 12.3 Å². The van der Waals surface area contributed by atoms with E-state index < -0.39 is 5.97 Å². The normalized spacial score (nSPS) is 12.1. The lowest BCUT2D eigenvalue weighted by Gasteiger charge is -2.10. The van der Waals surface area contributed by atoms with Crippen LogP contribution in [-0.4, -0.2) is 26.0 Å². The molecule has 0 radical (unpaired) electrons. The third-order valence-corrected chi connectivity index (χ3v) is 2.70. The van der Waals surface area contributed by atoms with Crippen LogP contribution in [0.2, 0.25) is 0 Å². The van der Waals surface area contributed by atoms with Crippen LogP contribution in [0.4, 0.5) is 0 Å². The number of carboxylic acids is 1. The van der Waals surface area contributed by atoms with E-state index in [2.05, 4.69) is 15.0 Å². The van der Waals surface area contributed by atoms with Gasteiger partial charge in [-0.05, 0) is 17.5 Å². The highest BCUT2D eigenvalue weighted by Gasteiger charge is 2.11. The molecule has 5 nitrogen and oxygen atoms in total. The van der Waals surface area contributed by atoms with Crippen molar-refractivity contribution in [1.29, 1.82) is 0 Å². The van der Waals surface area contributed by atoms with Crippen molar-refractivity contribution in [2.45, 2.75) is 19.3 Å². The lowest BCUT2D eigenvalue weighted by molar-refractivity contribution is -0.137. The summed E-state index contributed by atoms with van der Waals surface area (Å²) in [7, 11) is 0. The SMILES string of the molecule is CC(CC(=O)O)c1cncc(-c2cncnc2)c1. The van der Waals surface area contributed by atoms with Crippen molar-refractivity contribution in [3.05, 3.63) is 42.7 Å². The molecule has 0 saturated carbocycles. The standard InChI is InChI=1S/C13H13N3O2/c1-9(2-13(17)18)10-3-11(5-14-4-10)12-6-15-8-16-7-12/h3-9H,2H2,1H3,(H,17,18). The first-order valence-electron chi connectivity index (χ1n) is 5.59. The quantitative estimate of drug-likeness (QED) is 0.890. The first-order chi connectivity index (χ1) is 8.66. The van der Waals surface area contributed by atoms with Crippen LogP contribution in [0.1, 0.15) is 24.8 Å². The Bertz CT molecular complexity index is 543.